The number of benzene rings is 2. The van der Waals surface area contributed by atoms with E-state index in [0.717, 1.165) is 56.4 Å². The van der Waals surface area contributed by atoms with Crippen molar-refractivity contribution < 1.29 is 9.59 Å². The van der Waals surface area contributed by atoms with Crippen LogP contribution in [0.2, 0.25) is 0 Å². The lowest BCUT2D eigenvalue weighted by Gasteiger charge is -2.33. The number of nitrogens with two attached hydrogens (primary N) is 1. The molecule has 1 atom stereocenters. The zero-order valence-electron chi connectivity index (χ0n) is 22.6. The predicted octanol–water partition coefficient (Wildman–Crippen LogP) is 5.15. The van der Waals surface area contributed by atoms with E-state index in [-0.39, 0.29) is 11.8 Å². The Hall–Kier alpha value is -4.13. The molecule has 3 heterocycles. The first kappa shape index (κ1) is 26.5. The number of likely N-dealkylation sites (tertiary alicyclic amines) is 1. The van der Waals surface area contributed by atoms with Crippen molar-refractivity contribution in [3.05, 3.63) is 84.2 Å². The van der Waals surface area contributed by atoms with E-state index in [1.54, 1.807) is 13.1 Å². The van der Waals surface area contributed by atoms with Crippen molar-refractivity contribution in [1.29, 1.82) is 0 Å². The Morgan fingerprint density at radius 2 is 1.85 bits per heavy atom. The van der Waals surface area contributed by atoms with E-state index in [2.05, 4.69) is 74.4 Å². The Morgan fingerprint density at radius 1 is 1.05 bits per heavy atom. The summed E-state index contributed by atoms with van der Waals surface area (Å²) in [4.78, 5) is 30.8. The summed E-state index contributed by atoms with van der Waals surface area (Å²) >= 11 is 0. The number of nitrogens with zero attached hydrogens (tertiary/aromatic N) is 3. The van der Waals surface area contributed by atoms with Crippen LogP contribution in [0.1, 0.15) is 49.8 Å². The van der Waals surface area contributed by atoms with E-state index in [1.165, 1.54) is 22.2 Å². The normalized spacial score (nSPS) is 15.4. The first-order valence-electron chi connectivity index (χ1n) is 13.9. The van der Waals surface area contributed by atoms with Crippen molar-refractivity contribution in [2.24, 2.45) is 0 Å². The van der Waals surface area contributed by atoms with Crippen LogP contribution in [0.3, 0.4) is 0 Å². The van der Waals surface area contributed by atoms with Crippen LogP contribution in [0.25, 0.3) is 22.0 Å². The van der Waals surface area contributed by atoms with Crippen LogP contribution in [0.4, 0.5) is 5.82 Å². The number of piperidine rings is 1. The van der Waals surface area contributed by atoms with Crippen molar-refractivity contribution in [3.8, 4) is 11.1 Å². The van der Waals surface area contributed by atoms with E-state index in [1.807, 2.05) is 12.1 Å². The number of nitrogens with one attached hydrogen (secondary N) is 1. The molecule has 0 saturated carbocycles. The summed E-state index contributed by atoms with van der Waals surface area (Å²) in [5, 5.41) is 4.13. The molecule has 2 amide bonds. The van der Waals surface area contributed by atoms with Gasteiger partial charge in [0.05, 0.1) is 0 Å². The van der Waals surface area contributed by atoms with Crippen LogP contribution in [0.15, 0.2) is 72.9 Å². The molecule has 3 N–H and O–H groups in total. The molecule has 202 valence electrons. The number of carbonyl (C=O) groups excluding carboxylic acids is 2. The molecule has 1 aliphatic heterocycles. The molecule has 0 radical (unpaired) electrons. The number of pyridine rings is 1. The quantitative estimate of drug-likeness (QED) is 0.317. The minimum atomic E-state index is -0.0162. The molecule has 7 heteroatoms. The highest BCUT2D eigenvalue weighted by molar-refractivity contribution is 5.82. The number of amides is 2. The van der Waals surface area contributed by atoms with E-state index >= 15 is 0 Å². The van der Waals surface area contributed by atoms with Gasteiger partial charge in [-0.1, -0.05) is 42.5 Å². The van der Waals surface area contributed by atoms with Gasteiger partial charge in [-0.3, -0.25) is 9.59 Å². The fraction of sp³-hybridized carbons (Fsp3) is 0.344. The molecule has 1 saturated heterocycles. The van der Waals surface area contributed by atoms with Crippen molar-refractivity contribution in [3.63, 3.8) is 0 Å². The summed E-state index contributed by atoms with van der Waals surface area (Å²) in [5.41, 5.74) is 11.5. The number of anilines is 1. The van der Waals surface area contributed by atoms with Gasteiger partial charge < -0.3 is 20.5 Å². The van der Waals surface area contributed by atoms with Gasteiger partial charge in [-0.25, -0.2) is 4.98 Å². The van der Waals surface area contributed by atoms with Gasteiger partial charge in [-0.2, -0.15) is 0 Å². The van der Waals surface area contributed by atoms with Crippen LogP contribution >= 0.6 is 0 Å². The average molecular weight is 524 g/mol. The van der Waals surface area contributed by atoms with Crippen LogP contribution in [0, 0.1) is 0 Å². The number of aromatic nitrogens is 2. The highest BCUT2D eigenvalue weighted by Gasteiger charge is 2.27. The molecule has 0 spiro atoms. The number of fused-ring (bicyclic) bond motifs is 1. The molecule has 4 aromatic rings. The molecular weight excluding hydrogens is 486 g/mol. The van der Waals surface area contributed by atoms with Crippen LogP contribution in [0.5, 0.6) is 0 Å². The fourth-order valence-electron chi connectivity index (χ4n) is 5.65. The van der Waals surface area contributed by atoms with E-state index < -0.39 is 0 Å². The van der Waals surface area contributed by atoms with Crippen LogP contribution in [-0.4, -0.2) is 45.9 Å². The smallest absolute Gasteiger partial charge is 0.222 e. The second-order valence-electron chi connectivity index (χ2n) is 10.5. The Bertz CT molecular complexity index is 1430. The maximum absolute atomic E-state index is 13.2. The molecule has 7 nitrogen and oxygen atoms in total. The number of nitrogen functional groups attached to an aromatic ring is 1. The van der Waals surface area contributed by atoms with Gasteiger partial charge in [0, 0.05) is 68.4 Å². The SMILES string of the molecule is CC(=O)NCCn1c(C2CCCN(C(=O)CCCc3ccc(-c4ccc(N)nc4)cc3)C2)cc2ccccc21. The van der Waals surface area contributed by atoms with Crippen molar-refractivity contribution in [2.45, 2.75) is 51.5 Å². The van der Waals surface area contributed by atoms with Gasteiger partial charge in [0.2, 0.25) is 11.8 Å². The fourth-order valence-corrected chi connectivity index (χ4v) is 5.65. The topological polar surface area (TPSA) is 93.2 Å². The molecule has 1 unspecified atom stereocenters. The summed E-state index contributed by atoms with van der Waals surface area (Å²) in [7, 11) is 0. The molecule has 1 fully saturated rings. The second-order valence-corrected chi connectivity index (χ2v) is 10.5. The minimum absolute atomic E-state index is 0.0162. The summed E-state index contributed by atoms with van der Waals surface area (Å²) in [6.45, 7) is 4.44. The second kappa shape index (κ2) is 12.2. The number of rotatable bonds is 9. The zero-order valence-corrected chi connectivity index (χ0v) is 22.6. The Balaban J connectivity index is 1.18. The standard InChI is InChI=1S/C32H37N5O2/c1-23(38)34-17-19-37-29-9-3-2-7-26(29)20-30(37)28-8-5-18-36(22-28)32(39)10-4-6-24-11-13-25(14-12-24)27-15-16-31(33)35-21-27/h2-3,7,9,11-16,20-21,28H,4-6,8,10,17-19,22H2,1H3,(H2,33,35)(H,34,38). The van der Waals surface area contributed by atoms with Crippen molar-refractivity contribution >= 4 is 28.5 Å². The van der Waals surface area contributed by atoms with Gasteiger partial charge >= 0.3 is 0 Å². The molecule has 2 aromatic carbocycles. The molecule has 1 aliphatic rings. The molecule has 39 heavy (non-hydrogen) atoms. The van der Waals surface area contributed by atoms with Gasteiger partial charge in [0.15, 0.2) is 0 Å². The maximum atomic E-state index is 13.2. The van der Waals surface area contributed by atoms with Gasteiger partial charge in [0.1, 0.15) is 5.82 Å². The minimum Gasteiger partial charge on any atom is -0.384 e. The lowest BCUT2D eigenvalue weighted by molar-refractivity contribution is -0.132. The van der Waals surface area contributed by atoms with E-state index in [4.69, 9.17) is 5.73 Å². The van der Waals surface area contributed by atoms with Crippen molar-refractivity contribution in [2.75, 3.05) is 25.4 Å². The Morgan fingerprint density at radius 3 is 2.62 bits per heavy atom. The average Bonchev–Trinajstić information content (AvgIpc) is 3.32. The predicted molar refractivity (Wildman–Crippen MR) is 156 cm³/mol. The monoisotopic (exact) mass is 523 g/mol. The highest BCUT2D eigenvalue weighted by atomic mass is 16.2. The van der Waals surface area contributed by atoms with Crippen LogP contribution in [-0.2, 0) is 22.6 Å². The lowest BCUT2D eigenvalue weighted by atomic mass is 9.94. The van der Waals surface area contributed by atoms with E-state index in [0.29, 0.717) is 24.7 Å². The van der Waals surface area contributed by atoms with Gasteiger partial charge in [-0.15, -0.1) is 0 Å². The first-order valence-corrected chi connectivity index (χ1v) is 13.9. The number of hydrogen-bond donors (Lipinski definition) is 2. The molecule has 0 aliphatic carbocycles. The summed E-state index contributed by atoms with van der Waals surface area (Å²) in [5.74, 6) is 1.04. The number of aryl methyl sites for hydroxylation is 1. The number of carbonyl (C=O) groups is 2. The molecule has 2 aromatic heterocycles. The molecule has 0 bridgehead atoms. The Kier molecular flexibility index (Phi) is 8.25. The summed E-state index contributed by atoms with van der Waals surface area (Å²) in [6.07, 6.45) is 6.13. The summed E-state index contributed by atoms with van der Waals surface area (Å²) < 4.78 is 2.33. The highest BCUT2D eigenvalue weighted by Crippen LogP contribution is 2.32. The number of para-hydroxylation sites is 1. The third kappa shape index (κ3) is 6.48. The largest absolute Gasteiger partial charge is 0.384 e. The van der Waals surface area contributed by atoms with E-state index in [9.17, 15) is 9.59 Å². The lowest BCUT2D eigenvalue weighted by Crippen LogP contribution is -2.39. The zero-order chi connectivity index (χ0) is 27.2. The first-order chi connectivity index (χ1) is 19.0. The third-order valence-electron chi connectivity index (χ3n) is 7.67. The van der Waals surface area contributed by atoms with Gasteiger partial charge in [0.25, 0.3) is 0 Å². The number of hydrogen-bond acceptors (Lipinski definition) is 4. The van der Waals surface area contributed by atoms with Gasteiger partial charge in [-0.05, 0) is 66.5 Å². The molecular formula is C32H37N5O2. The van der Waals surface area contributed by atoms with Crippen molar-refractivity contribution in [1.82, 2.24) is 19.8 Å². The third-order valence-corrected chi connectivity index (χ3v) is 7.67. The Labute approximate surface area is 230 Å². The van der Waals surface area contributed by atoms with Crippen LogP contribution < -0.4 is 11.1 Å². The maximum Gasteiger partial charge on any atom is 0.222 e. The molecule has 5 rings (SSSR count). The summed E-state index contributed by atoms with van der Waals surface area (Å²) in [6, 6.07) is 22.9.